The van der Waals surface area contributed by atoms with Gasteiger partial charge in [-0.2, -0.15) is 0 Å². The van der Waals surface area contributed by atoms with Crippen LogP contribution in [0.15, 0.2) is 66.9 Å². The second kappa shape index (κ2) is 8.96. The van der Waals surface area contributed by atoms with E-state index in [-0.39, 0.29) is 5.88 Å². The summed E-state index contributed by atoms with van der Waals surface area (Å²) >= 11 is 0. The van der Waals surface area contributed by atoms with Crippen LogP contribution in [0.2, 0.25) is 0 Å². The van der Waals surface area contributed by atoms with Crippen molar-refractivity contribution >= 4 is 28.6 Å². The van der Waals surface area contributed by atoms with Crippen LogP contribution in [0.3, 0.4) is 0 Å². The van der Waals surface area contributed by atoms with E-state index in [9.17, 15) is 14.4 Å². The van der Waals surface area contributed by atoms with E-state index in [0.717, 1.165) is 11.1 Å². The summed E-state index contributed by atoms with van der Waals surface area (Å²) in [5, 5.41) is 9.49. The van der Waals surface area contributed by atoms with Crippen molar-refractivity contribution in [3.8, 4) is 17.0 Å². The number of fused-ring (bicyclic) bond motifs is 1. The van der Waals surface area contributed by atoms with Gasteiger partial charge < -0.3 is 20.6 Å². The quantitative estimate of drug-likeness (QED) is 0.358. The number of amides is 1. The fourth-order valence-electron chi connectivity index (χ4n) is 4.06. The van der Waals surface area contributed by atoms with Gasteiger partial charge in [-0.1, -0.05) is 54.6 Å². The highest BCUT2D eigenvalue weighted by molar-refractivity contribution is 6.39. The van der Waals surface area contributed by atoms with Crippen molar-refractivity contribution in [2.24, 2.45) is 5.73 Å². The number of Topliss-reactive ketones (excluding diaryl/α,β-unsaturated/α-hetero) is 1. The number of carbonyl (C=O) groups excluding carboxylic acids is 2. The van der Waals surface area contributed by atoms with Crippen molar-refractivity contribution in [1.82, 2.24) is 9.97 Å². The van der Waals surface area contributed by atoms with Gasteiger partial charge in [0.25, 0.3) is 5.91 Å². The van der Waals surface area contributed by atoms with Crippen molar-refractivity contribution in [3.05, 3.63) is 83.7 Å². The minimum Gasteiger partial charge on any atom is -0.479 e. The third-order valence-electron chi connectivity index (χ3n) is 5.39. The Morgan fingerprint density at radius 3 is 2.45 bits per heavy atom. The van der Waals surface area contributed by atoms with E-state index in [1.54, 1.807) is 25.1 Å². The van der Waals surface area contributed by atoms with E-state index in [1.165, 1.54) is 6.20 Å². The molecule has 0 saturated carbocycles. The average Bonchev–Trinajstić information content (AvgIpc) is 3.15. The number of benzene rings is 2. The molecule has 4 rings (SSSR count). The smallest absolute Gasteiger partial charge is 0.341 e. The number of carboxylic acid groups (broad SMARTS) is 1. The number of aryl methyl sites for hydroxylation is 1. The molecule has 0 spiro atoms. The zero-order chi connectivity index (χ0) is 23.5. The minimum atomic E-state index is -1.17. The predicted molar refractivity (Wildman–Crippen MR) is 122 cm³/mol. The third kappa shape index (κ3) is 4.18. The highest BCUT2D eigenvalue weighted by atomic mass is 16.5. The van der Waals surface area contributed by atoms with Gasteiger partial charge in [0.2, 0.25) is 11.7 Å². The first-order valence-corrected chi connectivity index (χ1v) is 10.2. The van der Waals surface area contributed by atoms with Gasteiger partial charge in [0.05, 0.1) is 16.8 Å². The molecule has 1 atom stereocenters. The van der Waals surface area contributed by atoms with Crippen molar-refractivity contribution in [2.45, 2.75) is 12.8 Å². The molecule has 1 amide bonds. The average molecular weight is 443 g/mol. The highest BCUT2D eigenvalue weighted by Gasteiger charge is 2.33. The Labute approximate surface area is 189 Å². The maximum Gasteiger partial charge on any atom is 0.341 e. The van der Waals surface area contributed by atoms with Crippen LogP contribution in [0.25, 0.3) is 22.0 Å². The van der Waals surface area contributed by atoms with Crippen LogP contribution in [0.4, 0.5) is 0 Å². The molecule has 33 heavy (non-hydrogen) atoms. The summed E-state index contributed by atoms with van der Waals surface area (Å²) in [6.07, 6.45) is 1.47. The van der Waals surface area contributed by atoms with Crippen LogP contribution in [-0.2, 0) is 14.4 Å². The van der Waals surface area contributed by atoms with Gasteiger partial charge in [0.1, 0.15) is 0 Å². The molecule has 0 bridgehead atoms. The second-order valence-electron chi connectivity index (χ2n) is 7.50. The summed E-state index contributed by atoms with van der Waals surface area (Å²) in [6, 6.07) is 18.5. The molecule has 166 valence electrons. The molecule has 4 aromatic rings. The molecule has 0 aliphatic rings. The lowest BCUT2D eigenvalue weighted by molar-refractivity contribution is -0.139. The van der Waals surface area contributed by atoms with E-state index in [4.69, 9.17) is 15.6 Å². The van der Waals surface area contributed by atoms with E-state index in [1.807, 2.05) is 42.5 Å². The fraction of sp³-hybridized carbons (Fsp3) is 0.120. The Kier molecular flexibility index (Phi) is 5.91. The lowest BCUT2D eigenvalue weighted by atomic mass is 9.82. The van der Waals surface area contributed by atoms with Gasteiger partial charge in [-0.05, 0) is 29.7 Å². The van der Waals surface area contributed by atoms with Crippen LogP contribution >= 0.6 is 0 Å². The first-order chi connectivity index (χ1) is 15.9. The number of carbonyl (C=O) groups is 3. The van der Waals surface area contributed by atoms with E-state index < -0.39 is 30.2 Å². The summed E-state index contributed by atoms with van der Waals surface area (Å²) in [6.45, 7) is 1.16. The Balaban J connectivity index is 2.00. The zero-order valence-electron chi connectivity index (χ0n) is 17.7. The molecule has 2 aromatic carbocycles. The molecule has 4 N–H and O–H groups in total. The summed E-state index contributed by atoms with van der Waals surface area (Å²) in [5.41, 5.74) is 9.37. The van der Waals surface area contributed by atoms with Crippen LogP contribution in [0, 0.1) is 6.92 Å². The molecule has 2 heterocycles. The van der Waals surface area contributed by atoms with Gasteiger partial charge in [0.15, 0.2) is 6.61 Å². The van der Waals surface area contributed by atoms with E-state index in [0.29, 0.717) is 27.7 Å². The van der Waals surface area contributed by atoms with E-state index >= 15 is 0 Å². The number of H-pyrrole nitrogens is 1. The topological polar surface area (TPSA) is 135 Å². The Bertz CT molecular complexity index is 1360. The molecule has 8 nitrogen and oxygen atoms in total. The molecular formula is C25H21N3O5. The molecule has 0 fully saturated rings. The van der Waals surface area contributed by atoms with Crippen molar-refractivity contribution in [2.75, 3.05) is 6.61 Å². The number of nitrogens with one attached hydrogen (secondary N) is 1. The van der Waals surface area contributed by atoms with Gasteiger partial charge in [-0.25, -0.2) is 9.78 Å². The Morgan fingerprint density at radius 2 is 1.76 bits per heavy atom. The third-order valence-corrected chi connectivity index (χ3v) is 5.39. The summed E-state index contributed by atoms with van der Waals surface area (Å²) < 4.78 is 5.42. The SMILES string of the molecule is Cc1[nH]c2ccnc(OCC(=O)O)c2c1C(C(=O)C(N)=O)c1ccccc1-c1ccccc1. The number of ether oxygens (including phenoxy) is 1. The number of nitrogens with two attached hydrogens (primary N) is 1. The van der Waals surface area contributed by atoms with Crippen LogP contribution in [-0.4, -0.2) is 39.3 Å². The fourth-order valence-corrected chi connectivity index (χ4v) is 4.06. The van der Waals surface area contributed by atoms with Gasteiger partial charge in [0, 0.05) is 17.5 Å². The van der Waals surface area contributed by atoms with Gasteiger partial charge in [-0.3, -0.25) is 9.59 Å². The maximum atomic E-state index is 13.3. The molecule has 1 unspecified atom stereocenters. The van der Waals surface area contributed by atoms with Crippen molar-refractivity contribution in [1.29, 1.82) is 0 Å². The monoisotopic (exact) mass is 443 g/mol. The standard InChI is InChI=1S/C25H21N3O5/c1-14-20(22-18(28-14)11-12-27-25(22)33-13-19(29)30)21(23(31)24(26)32)17-10-6-5-9-16(17)15-7-3-2-4-8-15/h2-12,21,28H,13H2,1H3,(H2,26,32)(H,29,30). The number of aliphatic carboxylic acids is 1. The number of nitrogens with zero attached hydrogens (tertiary/aromatic N) is 1. The Hall–Kier alpha value is -4.46. The number of aromatic nitrogens is 2. The van der Waals surface area contributed by atoms with Crippen LogP contribution in [0.1, 0.15) is 22.7 Å². The summed E-state index contributed by atoms with van der Waals surface area (Å²) in [7, 11) is 0. The molecular weight excluding hydrogens is 422 g/mol. The van der Waals surface area contributed by atoms with Gasteiger partial charge in [-0.15, -0.1) is 0 Å². The van der Waals surface area contributed by atoms with Gasteiger partial charge >= 0.3 is 5.97 Å². The number of pyridine rings is 1. The second-order valence-corrected chi connectivity index (χ2v) is 7.50. The zero-order valence-corrected chi connectivity index (χ0v) is 17.7. The predicted octanol–water partition coefficient (Wildman–Crippen LogP) is 3.19. The molecule has 0 saturated heterocycles. The molecule has 0 aliphatic carbocycles. The molecule has 8 heteroatoms. The first kappa shape index (κ1) is 21.8. The molecule has 0 radical (unpaired) electrons. The number of primary amides is 1. The number of carboxylic acids is 1. The lowest BCUT2D eigenvalue weighted by Gasteiger charge is -2.20. The van der Waals surface area contributed by atoms with Crippen molar-refractivity contribution < 1.29 is 24.2 Å². The van der Waals surface area contributed by atoms with Crippen molar-refractivity contribution in [3.63, 3.8) is 0 Å². The lowest BCUT2D eigenvalue weighted by Crippen LogP contribution is -2.30. The summed E-state index contributed by atoms with van der Waals surface area (Å²) in [4.78, 5) is 43.8. The summed E-state index contributed by atoms with van der Waals surface area (Å²) in [5.74, 6) is -4.04. The molecule has 0 aliphatic heterocycles. The number of rotatable bonds is 8. The Morgan fingerprint density at radius 1 is 1.06 bits per heavy atom. The minimum absolute atomic E-state index is 0.0497. The molecule has 2 aromatic heterocycles. The first-order valence-electron chi connectivity index (χ1n) is 10.2. The maximum absolute atomic E-state index is 13.3. The largest absolute Gasteiger partial charge is 0.479 e. The van der Waals surface area contributed by atoms with Crippen LogP contribution in [0.5, 0.6) is 5.88 Å². The highest BCUT2D eigenvalue weighted by Crippen LogP contribution is 2.41. The normalized spacial score (nSPS) is 11.8. The number of hydrogen-bond donors (Lipinski definition) is 3. The number of hydrogen-bond acceptors (Lipinski definition) is 5. The number of aromatic amines is 1. The number of ketones is 1. The van der Waals surface area contributed by atoms with Crippen LogP contribution < -0.4 is 10.5 Å². The van der Waals surface area contributed by atoms with E-state index in [2.05, 4.69) is 9.97 Å².